The molecule has 9 heteroatoms. The summed E-state index contributed by atoms with van der Waals surface area (Å²) >= 11 is 7.36. The Kier molecular flexibility index (Phi) is 7.51. The predicted molar refractivity (Wildman–Crippen MR) is 114 cm³/mol. The summed E-state index contributed by atoms with van der Waals surface area (Å²) in [4.78, 5) is 12.1. The lowest BCUT2D eigenvalue weighted by molar-refractivity contribution is -0.118. The van der Waals surface area contributed by atoms with E-state index < -0.39 is 0 Å². The molecule has 7 nitrogen and oxygen atoms in total. The SMILES string of the molecule is COCCNC(=O)CSc1nnc(-c2ccccc2OC)n1-c1ccc(Cl)cc1. The monoisotopic (exact) mass is 432 g/mol. The lowest BCUT2D eigenvalue weighted by Gasteiger charge is -2.12. The van der Waals surface area contributed by atoms with E-state index in [0.717, 1.165) is 11.3 Å². The molecule has 0 atom stereocenters. The van der Waals surface area contributed by atoms with Gasteiger partial charge in [-0.05, 0) is 36.4 Å². The highest BCUT2D eigenvalue weighted by Gasteiger charge is 2.19. The number of carbonyl (C=O) groups excluding carboxylic acids is 1. The van der Waals surface area contributed by atoms with Crippen LogP contribution in [0.4, 0.5) is 0 Å². The summed E-state index contributed by atoms with van der Waals surface area (Å²) in [6.45, 7) is 0.932. The highest BCUT2D eigenvalue weighted by atomic mass is 35.5. The first kappa shape index (κ1) is 21.2. The first-order valence-electron chi connectivity index (χ1n) is 8.87. The number of thioether (sulfide) groups is 1. The maximum Gasteiger partial charge on any atom is 0.230 e. The van der Waals surface area contributed by atoms with Crippen LogP contribution >= 0.6 is 23.4 Å². The van der Waals surface area contributed by atoms with Crippen LogP contribution < -0.4 is 10.1 Å². The molecule has 0 saturated carbocycles. The Morgan fingerprint density at radius 3 is 2.62 bits per heavy atom. The molecule has 0 radical (unpaired) electrons. The van der Waals surface area contributed by atoms with Crippen molar-refractivity contribution in [3.8, 4) is 22.8 Å². The lowest BCUT2D eigenvalue weighted by atomic mass is 10.2. The Balaban J connectivity index is 1.94. The standard InChI is InChI=1S/C20H21ClN4O3S/c1-27-12-11-22-18(26)13-29-20-24-23-19(16-5-3-4-6-17(16)28-2)25(20)15-9-7-14(21)8-10-15/h3-10H,11-13H2,1-2H3,(H,22,26). The van der Waals surface area contributed by atoms with Gasteiger partial charge in [0.2, 0.25) is 5.91 Å². The van der Waals surface area contributed by atoms with Gasteiger partial charge in [-0.25, -0.2) is 0 Å². The number of amides is 1. The first-order valence-corrected chi connectivity index (χ1v) is 10.2. The molecule has 3 rings (SSSR count). The van der Waals surface area contributed by atoms with Gasteiger partial charge in [-0.3, -0.25) is 9.36 Å². The van der Waals surface area contributed by atoms with Crippen molar-refractivity contribution < 1.29 is 14.3 Å². The fourth-order valence-electron chi connectivity index (χ4n) is 2.66. The Morgan fingerprint density at radius 1 is 1.14 bits per heavy atom. The number of benzene rings is 2. The molecule has 3 aromatic rings. The summed E-state index contributed by atoms with van der Waals surface area (Å²) in [5.74, 6) is 1.41. The van der Waals surface area contributed by atoms with Crippen molar-refractivity contribution in [1.82, 2.24) is 20.1 Å². The summed E-state index contributed by atoms with van der Waals surface area (Å²) < 4.78 is 12.3. The molecule has 0 saturated heterocycles. The number of halogens is 1. The van der Waals surface area contributed by atoms with Gasteiger partial charge in [0.05, 0.1) is 25.0 Å². The van der Waals surface area contributed by atoms with Gasteiger partial charge in [0.15, 0.2) is 11.0 Å². The third-order valence-corrected chi connectivity index (χ3v) is 5.21. The maximum absolute atomic E-state index is 12.1. The quantitative estimate of drug-likeness (QED) is 0.412. The number of carbonyl (C=O) groups is 1. The minimum absolute atomic E-state index is 0.100. The smallest absolute Gasteiger partial charge is 0.230 e. The van der Waals surface area contributed by atoms with Crippen molar-refractivity contribution in [2.45, 2.75) is 5.16 Å². The van der Waals surface area contributed by atoms with Crippen LogP contribution in [0.5, 0.6) is 5.75 Å². The maximum atomic E-state index is 12.1. The Bertz CT molecular complexity index is 963. The fraction of sp³-hybridized carbons (Fsp3) is 0.250. The van der Waals surface area contributed by atoms with E-state index in [1.54, 1.807) is 26.4 Å². The molecule has 0 aliphatic rings. The number of aromatic nitrogens is 3. The van der Waals surface area contributed by atoms with Crippen molar-refractivity contribution in [3.63, 3.8) is 0 Å². The van der Waals surface area contributed by atoms with Gasteiger partial charge in [-0.1, -0.05) is 35.5 Å². The van der Waals surface area contributed by atoms with Crippen LogP contribution in [0.1, 0.15) is 0 Å². The molecule has 29 heavy (non-hydrogen) atoms. The third-order valence-electron chi connectivity index (χ3n) is 4.03. The van der Waals surface area contributed by atoms with Crippen molar-refractivity contribution in [2.24, 2.45) is 0 Å². The summed E-state index contributed by atoms with van der Waals surface area (Å²) in [5, 5.41) is 12.7. The number of nitrogens with zero attached hydrogens (tertiary/aromatic N) is 3. The number of rotatable bonds is 9. The minimum Gasteiger partial charge on any atom is -0.496 e. The normalized spacial score (nSPS) is 10.7. The second kappa shape index (κ2) is 10.3. The van der Waals surface area contributed by atoms with Crippen molar-refractivity contribution in [2.75, 3.05) is 33.1 Å². The van der Waals surface area contributed by atoms with E-state index in [-0.39, 0.29) is 11.7 Å². The van der Waals surface area contributed by atoms with E-state index in [1.165, 1.54) is 11.8 Å². The average molecular weight is 433 g/mol. The Labute approximate surface area is 178 Å². The number of nitrogens with one attached hydrogen (secondary N) is 1. The van der Waals surface area contributed by atoms with Crippen LogP contribution in [0.2, 0.25) is 5.02 Å². The molecule has 0 fully saturated rings. The van der Waals surface area contributed by atoms with Gasteiger partial charge < -0.3 is 14.8 Å². The molecule has 1 heterocycles. The van der Waals surface area contributed by atoms with Crippen molar-refractivity contribution >= 4 is 29.3 Å². The highest BCUT2D eigenvalue weighted by molar-refractivity contribution is 7.99. The molecule has 1 aromatic heterocycles. The molecule has 2 aromatic carbocycles. The average Bonchev–Trinajstić information content (AvgIpc) is 3.16. The molecular weight excluding hydrogens is 412 g/mol. The van der Waals surface area contributed by atoms with Crippen molar-refractivity contribution in [3.05, 3.63) is 53.6 Å². The largest absolute Gasteiger partial charge is 0.496 e. The second-order valence-electron chi connectivity index (χ2n) is 5.95. The third kappa shape index (κ3) is 5.29. The molecule has 0 unspecified atom stereocenters. The Hall–Kier alpha value is -2.55. The zero-order valence-corrected chi connectivity index (χ0v) is 17.7. The summed E-state index contributed by atoms with van der Waals surface area (Å²) in [7, 11) is 3.21. The molecule has 0 aliphatic heterocycles. The van der Waals surface area contributed by atoms with Gasteiger partial charge in [0, 0.05) is 24.4 Å². The van der Waals surface area contributed by atoms with Gasteiger partial charge in [0.25, 0.3) is 0 Å². The highest BCUT2D eigenvalue weighted by Crippen LogP contribution is 2.33. The van der Waals surface area contributed by atoms with Gasteiger partial charge >= 0.3 is 0 Å². The van der Waals surface area contributed by atoms with Crippen LogP contribution in [-0.4, -0.2) is 53.8 Å². The summed E-state index contributed by atoms with van der Waals surface area (Å²) in [6, 6.07) is 15.0. The van der Waals surface area contributed by atoms with E-state index in [2.05, 4.69) is 15.5 Å². The van der Waals surface area contributed by atoms with Crippen LogP contribution in [0.3, 0.4) is 0 Å². The predicted octanol–water partition coefficient (Wildman–Crippen LogP) is 3.45. The van der Waals surface area contributed by atoms with E-state index >= 15 is 0 Å². The van der Waals surface area contributed by atoms with E-state index in [1.807, 2.05) is 41.0 Å². The number of ether oxygens (including phenoxy) is 2. The van der Waals surface area contributed by atoms with Crippen molar-refractivity contribution in [1.29, 1.82) is 0 Å². The molecule has 0 bridgehead atoms. The van der Waals surface area contributed by atoms with Crippen LogP contribution in [0.25, 0.3) is 17.1 Å². The zero-order chi connectivity index (χ0) is 20.6. The number of hydrogen-bond donors (Lipinski definition) is 1. The van der Waals surface area contributed by atoms with Gasteiger partial charge in [0.1, 0.15) is 5.75 Å². The fourth-order valence-corrected chi connectivity index (χ4v) is 3.57. The topological polar surface area (TPSA) is 78.3 Å². The first-order chi connectivity index (χ1) is 14.1. The van der Waals surface area contributed by atoms with Gasteiger partial charge in [-0.2, -0.15) is 0 Å². The van der Waals surface area contributed by atoms with E-state index in [0.29, 0.717) is 34.9 Å². The van der Waals surface area contributed by atoms with Crippen LogP contribution in [0, 0.1) is 0 Å². The van der Waals surface area contributed by atoms with E-state index in [4.69, 9.17) is 21.1 Å². The number of para-hydroxylation sites is 1. The minimum atomic E-state index is -0.100. The zero-order valence-electron chi connectivity index (χ0n) is 16.1. The molecular formula is C20H21ClN4O3S. The second-order valence-corrected chi connectivity index (χ2v) is 7.33. The van der Waals surface area contributed by atoms with Crippen LogP contribution in [0.15, 0.2) is 53.7 Å². The van der Waals surface area contributed by atoms with E-state index in [9.17, 15) is 4.79 Å². The van der Waals surface area contributed by atoms with Gasteiger partial charge in [-0.15, -0.1) is 10.2 Å². The molecule has 1 amide bonds. The molecule has 0 spiro atoms. The van der Waals surface area contributed by atoms with Crippen LogP contribution in [-0.2, 0) is 9.53 Å². The molecule has 1 N–H and O–H groups in total. The number of hydrogen-bond acceptors (Lipinski definition) is 6. The molecule has 152 valence electrons. The molecule has 0 aliphatic carbocycles. The summed E-state index contributed by atoms with van der Waals surface area (Å²) in [5.41, 5.74) is 1.64. The lowest BCUT2D eigenvalue weighted by Crippen LogP contribution is -2.28. The number of methoxy groups -OCH3 is 2. The summed E-state index contributed by atoms with van der Waals surface area (Å²) in [6.07, 6.45) is 0. The Morgan fingerprint density at radius 2 is 1.90 bits per heavy atom.